The van der Waals surface area contributed by atoms with E-state index in [1.165, 1.54) is 0 Å². The van der Waals surface area contributed by atoms with Crippen molar-refractivity contribution in [3.05, 3.63) is 12.2 Å². The van der Waals surface area contributed by atoms with Crippen molar-refractivity contribution < 1.29 is 14.6 Å². The van der Waals surface area contributed by atoms with Crippen LogP contribution in [-0.4, -0.2) is 30.2 Å². The molecule has 72 valence electrons. The van der Waals surface area contributed by atoms with Gasteiger partial charge in [0.25, 0.3) is 0 Å². The molecule has 13 heavy (non-hydrogen) atoms. The molecule has 2 heterocycles. The molecule has 3 aliphatic rings. The van der Waals surface area contributed by atoms with Crippen LogP contribution in [0.2, 0.25) is 0 Å². The van der Waals surface area contributed by atoms with Gasteiger partial charge in [-0.15, -0.1) is 0 Å². The van der Waals surface area contributed by atoms with Crippen LogP contribution in [0.3, 0.4) is 0 Å². The van der Waals surface area contributed by atoms with E-state index < -0.39 is 0 Å². The van der Waals surface area contributed by atoms with Gasteiger partial charge in [-0.05, 0) is 18.8 Å². The maximum absolute atomic E-state index is 9.95. The Hall–Kier alpha value is -0.380. The van der Waals surface area contributed by atoms with Crippen LogP contribution in [0.15, 0.2) is 12.2 Å². The van der Waals surface area contributed by atoms with Crippen LogP contribution >= 0.6 is 0 Å². The molecule has 0 spiro atoms. The number of hydrogen-bond acceptors (Lipinski definition) is 3. The molecule has 0 aromatic rings. The third-order valence-electron chi connectivity index (χ3n) is 3.44. The zero-order chi connectivity index (χ0) is 8.84. The summed E-state index contributed by atoms with van der Waals surface area (Å²) in [6.45, 7) is 0.568. The number of aliphatic hydroxyl groups is 1. The molecular formula is C10H14O3. The van der Waals surface area contributed by atoms with Crippen molar-refractivity contribution in [3.8, 4) is 0 Å². The molecule has 2 bridgehead atoms. The number of ether oxygens (including phenoxy) is 2. The predicted octanol–water partition coefficient (Wildman–Crippen LogP) is 0.685. The van der Waals surface area contributed by atoms with Crippen molar-refractivity contribution in [1.29, 1.82) is 0 Å². The topological polar surface area (TPSA) is 38.7 Å². The Morgan fingerprint density at radius 2 is 1.92 bits per heavy atom. The lowest BCUT2D eigenvalue weighted by atomic mass is 9.76. The monoisotopic (exact) mass is 182 g/mol. The molecule has 0 aromatic heterocycles. The zero-order valence-electron chi connectivity index (χ0n) is 7.43. The average molecular weight is 182 g/mol. The van der Waals surface area contributed by atoms with E-state index in [9.17, 15) is 5.11 Å². The Labute approximate surface area is 77.3 Å². The van der Waals surface area contributed by atoms with Gasteiger partial charge >= 0.3 is 0 Å². The van der Waals surface area contributed by atoms with Gasteiger partial charge in [0.05, 0.1) is 12.7 Å². The summed E-state index contributed by atoms with van der Waals surface area (Å²) in [6, 6.07) is 0. The normalized spacial score (nSPS) is 53.5. The first-order valence-corrected chi connectivity index (χ1v) is 4.96. The summed E-state index contributed by atoms with van der Waals surface area (Å²) in [4.78, 5) is 0. The van der Waals surface area contributed by atoms with E-state index in [-0.39, 0.29) is 18.5 Å². The van der Waals surface area contributed by atoms with E-state index in [1.807, 2.05) is 0 Å². The predicted molar refractivity (Wildman–Crippen MR) is 46.0 cm³/mol. The number of hydrogen-bond donors (Lipinski definition) is 1. The van der Waals surface area contributed by atoms with Gasteiger partial charge in [0.15, 0.2) is 6.29 Å². The van der Waals surface area contributed by atoms with E-state index in [4.69, 9.17) is 9.47 Å². The molecule has 2 aliphatic heterocycles. The lowest BCUT2D eigenvalue weighted by Gasteiger charge is -2.39. The standard InChI is InChI=1S/C10H14O3/c11-9-6-3-1-2-4-7(6)10-12-5-8(9)13-10/h1-2,6-11H,3-5H2. The summed E-state index contributed by atoms with van der Waals surface area (Å²) >= 11 is 0. The second kappa shape index (κ2) is 2.80. The highest BCUT2D eigenvalue weighted by atomic mass is 16.7. The third-order valence-corrected chi connectivity index (χ3v) is 3.44. The molecule has 3 nitrogen and oxygen atoms in total. The second-order valence-corrected chi connectivity index (χ2v) is 4.14. The number of allylic oxidation sites excluding steroid dienone is 2. The minimum Gasteiger partial charge on any atom is -0.390 e. The van der Waals surface area contributed by atoms with E-state index in [1.54, 1.807) is 0 Å². The molecular weight excluding hydrogens is 168 g/mol. The Bertz CT molecular complexity index is 230. The number of rotatable bonds is 0. The Balaban J connectivity index is 1.90. The molecule has 1 N–H and O–H groups in total. The Morgan fingerprint density at radius 3 is 2.77 bits per heavy atom. The molecule has 2 fully saturated rings. The smallest absolute Gasteiger partial charge is 0.161 e. The van der Waals surface area contributed by atoms with Gasteiger partial charge in [-0.25, -0.2) is 0 Å². The minimum absolute atomic E-state index is 0.0525. The van der Waals surface area contributed by atoms with Crippen molar-refractivity contribution in [2.45, 2.75) is 31.3 Å². The van der Waals surface area contributed by atoms with Crippen LogP contribution in [0.25, 0.3) is 0 Å². The largest absolute Gasteiger partial charge is 0.390 e. The molecule has 0 saturated carbocycles. The Morgan fingerprint density at radius 1 is 1.15 bits per heavy atom. The number of fused-ring (bicyclic) bond motifs is 4. The van der Waals surface area contributed by atoms with Crippen LogP contribution in [0.1, 0.15) is 12.8 Å². The van der Waals surface area contributed by atoms with Crippen molar-refractivity contribution >= 4 is 0 Å². The van der Waals surface area contributed by atoms with E-state index in [0.29, 0.717) is 18.4 Å². The van der Waals surface area contributed by atoms with Gasteiger partial charge in [-0.1, -0.05) is 12.2 Å². The van der Waals surface area contributed by atoms with Crippen LogP contribution in [0, 0.1) is 11.8 Å². The summed E-state index contributed by atoms with van der Waals surface area (Å²) in [5, 5.41) is 9.95. The minimum atomic E-state index is -0.325. The zero-order valence-corrected chi connectivity index (χ0v) is 7.43. The fourth-order valence-electron chi connectivity index (χ4n) is 2.68. The summed E-state index contributed by atoms with van der Waals surface area (Å²) < 4.78 is 11.1. The first kappa shape index (κ1) is 7.97. The van der Waals surface area contributed by atoms with Gasteiger partial charge in [0, 0.05) is 5.92 Å². The van der Waals surface area contributed by atoms with Gasteiger partial charge < -0.3 is 14.6 Å². The van der Waals surface area contributed by atoms with E-state index in [0.717, 1.165) is 12.8 Å². The lowest BCUT2D eigenvalue weighted by molar-refractivity contribution is -0.181. The molecule has 3 heteroatoms. The highest BCUT2D eigenvalue weighted by Crippen LogP contribution is 2.42. The van der Waals surface area contributed by atoms with Gasteiger partial charge in [0.2, 0.25) is 0 Å². The fraction of sp³-hybridized carbons (Fsp3) is 0.800. The summed E-state index contributed by atoms with van der Waals surface area (Å²) in [5.41, 5.74) is 0. The summed E-state index contributed by atoms with van der Waals surface area (Å²) in [6.07, 6.45) is 5.84. The highest BCUT2D eigenvalue weighted by Gasteiger charge is 2.49. The van der Waals surface area contributed by atoms with Crippen LogP contribution in [-0.2, 0) is 9.47 Å². The maximum atomic E-state index is 9.95. The fourth-order valence-corrected chi connectivity index (χ4v) is 2.68. The molecule has 5 unspecified atom stereocenters. The molecule has 0 radical (unpaired) electrons. The van der Waals surface area contributed by atoms with E-state index >= 15 is 0 Å². The molecule has 0 amide bonds. The van der Waals surface area contributed by atoms with Crippen molar-refractivity contribution in [3.63, 3.8) is 0 Å². The molecule has 2 saturated heterocycles. The maximum Gasteiger partial charge on any atom is 0.161 e. The summed E-state index contributed by atoms with van der Waals surface area (Å²) in [7, 11) is 0. The average Bonchev–Trinajstić information content (AvgIpc) is 2.61. The van der Waals surface area contributed by atoms with Crippen molar-refractivity contribution in [2.24, 2.45) is 11.8 Å². The quantitative estimate of drug-likeness (QED) is 0.560. The van der Waals surface area contributed by atoms with E-state index in [2.05, 4.69) is 12.2 Å². The number of aliphatic hydroxyl groups excluding tert-OH is 1. The highest BCUT2D eigenvalue weighted by molar-refractivity contribution is 5.03. The van der Waals surface area contributed by atoms with Crippen LogP contribution < -0.4 is 0 Å². The third kappa shape index (κ3) is 1.08. The van der Waals surface area contributed by atoms with Crippen molar-refractivity contribution in [1.82, 2.24) is 0 Å². The van der Waals surface area contributed by atoms with Crippen LogP contribution in [0.5, 0.6) is 0 Å². The van der Waals surface area contributed by atoms with Crippen LogP contribution in [0.4, 0.5) is 0 Å². The van der Waals surface area contributed by atoms with Gasteiger partial charge in [-0.3, -0.25) is 0 Å². The Kier molecular flexibility index (Phi) is 1.72. The summed E-state index contributed by atoms with van der Waals surface area (Å²) in [5.74, 6) is 0.731. The molecule has 0 aromatic carbocycles. The molecule has 5 atom stereocenters. The first-order valence-electron chi connectivity index (χ1n) is 4.96. The van der Waals surface area contributed by atoms with Gasteiger partial charge in [-0.2, -0.15) is 0 Å². The SMILES string of the molecule is OC1C2COC(O2)C2CC=CCC12. The van der Waals surface area contributed by atoms with Crippen molar-refractivity contribution in [2.75, 3.05) is 6.61 Å². The first-order chi connectivity index (χ1) is 6.36. The van der Waals surface area contributed by atoms with Gasteiger partial charge in [0.1, 0.15) is 6.10 Å². The molecule has 3 rings (SSSR count). The lowest BCUT2D eigenvalue weighted by Crippen LogP contribution is -2.47. The second-order valence-electron chi connectivity index (χ2n) is 4.14. The molecule has 1 aliphatic carbocycles.